The van der Waals surface area contributed by atoms with Crippen LogP contribution >= 0.6 is 0 Å². The smallest absolute Gasteiger partial charge is 0.247 e. The zero-order chi connectivity index (χ0) is 23.4. The molecule has 0 radical (unpaired) electrons. The van der Waals surface area contributed by atoms with Crippen LogP contribution in [0.4, 0.5) is 21.5 Å². The van der Waals surface area contributed by atoms with Gasteiger partial charge in [-0.15, -0.1) is 0 Å². The summed E-state index contributed by atoms with van der Waals surface area (Å²) in [7, 11) is 0. The Hall–Kier alpha value is -4.26. The van der Waals surface area contributed by atoms with Gasteiger partial charge in [-0.2, -0.15) is 0 Å². The van der Waals surface area contributed by atoms with Gasteiger partial charge in [0.15, 0.2) is 0 Å². The number of benzene rings is 3. The first-order chi connectivity index (χ1) is 16.5. The number of nitrogens with one attached hydrogen (secondary N) is 1. The highest BCUT2D eigenvalue weighted by molar-refractivity contribution is 6.25. The second-order valence-corrected chi connectivity index (χ2v) is 8.66. The summed E-state index contributed by atoms with van der Waals surface area (Å²) >= 11 is 0. The van der Waals surface area contributed by atoms with Crippen molar-refractivity contribution in [1.29, 1.82) is 0 Å². The van der Waals surface area contributed by atoms with E-state index >= 15 is 0 Å². The van der Waals surface area contributed by atoms with E-state index in [4.69, 9.17) is 0 Å². The number of fused-ring (bicyclic) bond motifs is 5. The van der Waals surface area contributed by atoms with Crippen molar-refractivity contribution < 1.29 is 18.8 Å². The van der Waals surface area contributed by atoms with Crippen LogP contribution in [0.2, 0.25) is 0 Å². The molecule has 2 saturated heterocycles. The molecule has 7 heteroatoms. The topological polar surface area (TPSA) is 69.7 Å². The molecular formula is C27H20FN3O3. The number of hydrogen-bond donors (Lipinski definition) is 1. The number of imide groups is 1. The van der Waals surface area contributed by atoms with E-state index in [1.54, 1.807) is 12.1 Å². The summed E-state index contributed by atoms with van der Waals surface area (Å²) < 4.78 is 13.5. The van der Waals surface area contributed by atoms with E-state index in [1.165, 1.54) is 24.3 Å². The number of amides is 3. The van der Waals surface area contributed by atoms with E-state index in [9.17, 15) is 18.8 Å². The van der Waals surface area contributed by atoms with E-state index in [0.717, 1.165) is 16.2 Å². The van der Waals surface area contributed by atoms with Gasteiger partial charge in [0, 0.05) is 11.4 Å². The highest BCUT2D eigenvalue weighted by Gasteiger charge is 2.64. The van der Waals surface area contributed by atoms with Gasteiger partial charge in [0.05, 0.1) is 23.6 Å². The van der Waals surface area contributed by atoms with E-state index in [0.29, 0.717) is 11.4 Å². The van der Waals surface area contributed by atoms with Gasteiger partial charge in [-0.25, -0.2) is 9.29 Å². The molecule has 1 N–H and O–H groups in total. The third-order valence-corrected chi connectivity index (χ3v) is 6.81. The average molecular weight is 453 g/mol. The molecule has 3 amide bonds. The molecule has 3 aromatic rings. The number of halogens is 1. The van der Waals surface area contributed by atoms with E-state index < -0.39 is 35.6 Å². The highest BCUT2D eigenvalue weighted by atomic mass is 19.1. The van der Waals surface area contributed by atoms with E-state index in [2.05, 4.69) is 5.32 Å². The quantitative estimate of drug-likeness (QED) is 0.612. The van der Waals surface area contributed by atoms with Crippen LogP contribution in [-0.2, 0) is 14.4 Å². The summed E-state index contributed by atoms with van der Waals surface area (Å²) in [6.45, 7) is 0. The summed E-state index contributed by atoms with van der Waals surface area (Å²) in [5.74, 6) is -3.24. The fraction of sp³-hybridized carbons (Fsp3) is 0.148. The van der Waals surface area contributed by atoms with Crippen molar-refractivity contribution in [3.63, 3.8) is 0 Å². The minimum absolute atomic E-state index is 0.305. The fourth-order valence-electron chi connectivity index (χ4n) is 5.40. The number of anilines is 3. The number of nitrogens with zero attached hydrogens (tertiary/aromatic N) is 2. The predicted molar refractivity (Wildman–Crippen MR) is 126 cm³/mol. The molecule has 0 spiro atoms. The Labute approximate surface area is 195 Å². The molecule has 168 valence electrons. The van der Waals surface area contributed by atoms with E-state index in [1.807, 2.05) is 59.5 Å². The minimum Gasteiger partial charge on any atom is -0.351 e. The first-order valence-corrected chi connectivity index (χ1v) is 11.1. The molecule has 6 rings (SSSR count). The Morgan fingerprint density at radius 3 is 2.26 bits per heavy atom. The largest absolute Gasteiger partial charge is 0.351 e. The monoisotopic (exact) mass is 453 g/mol. The van der Waals surface area contributed by atoms with Crippen molar-refractivity contribution in [2.75, 3.05) is 15.1 Å². The third kappa shape index (κ3) is 2.97. The van der Waals surface area contributed by atoms with Gasteiger partial charge in [0.25, 0.3) is 0 Å². The number of hydrogen-bond acceptors (Lipinski definition) is 4. The first kappa shape index (κ1) is 20.4. The first-order valence-electron chi connectivity index (χ1n) is 11.1. The van der Waals surface area contributed by atoms with Crippen molar-refractivity contribution in [2.24, 2.45) is 11.8 Å². The summed E-state index contributed by atoms with van der Waals surface area (Å²) in [6.07, 6.45) is 3.83. The maximum atomic E-state index is 13.7. The number of rotatable bonds is 3. The molecule has 4 atom stereocenters. The lowest BCUT2D eigenvalue weighted by molar-refractivity contribution is -0.126. The van der Waals surface area contributed by atoms with Crippen LogP contribution in [0, 0.1) is 17.7 Å². The minimum atomic E-state index is -0.886. The van der Waals surface area contributed by atoms with Crippen molar-refractivity contribution in [1.82, 2.24) is 0 Å². The van der Waals surface area contributed by atoms with Crippen molar-refractivity contribution in [3.8, 4) is 0 Å². The molecule has 3 aliphatic rings. The molecule has 2 fully saturated rings. The van der Waals surface area contributed by atoms with Gasteiger partial charge in [0.1, 0.15) is 11.9 Å². The Morgan fingerprint density at radius 1 is 0.824 bits per heavy atom. The maximum Gasteiger partial charge on any atom is 0.247 e. The normalized spacial score (nSPS) is 24.6. The highest BCUT2D eigenvalue weighted by Crippen LogP contribution is 2.49. The second kappa shape index (κ2) is 7.66. The number of carbonyl (C=O) groups excluding carboxylic acids is 3. The second-order valence-electron chi connectivity index (χ2n) is 8.66. The Bertz CT molecular complexity index is 1340. The third-order valence-electron chi connectivity index (χ3n) is 6.81. The molecule has 3 aromatic carbocycles. The molecule has 3 aliphatic heterocycles. The molecule has 6 nitrogen and oxygen atoms in total. The Morgan fingerprint density at radius 2 is 1.50 bits per heavy atom. The lowest BCUT2D eigenvalue weighted by atomic mass is 9.88. The summed E-state index contributed by atoms with van der Waals surface area (Å²) in [5.41, 5.74) is 2.65. The van der Waals surface area contributed by atoms with Crippen LogP contribution in [0.3, 0.4) is 0 Å². The molecule has 34 heavy (non-hydrogen) atoms. The van der Waals surface area contributed by atoms with Gasteiger partial charge >= 0.3 is 0 Å². The van der Waals surface area contributed by atoms with Crippen LogP contribution in [0.25, 0.3) is 6.08 Å². The van der Waals surface area contributed by atoms with E-state index in [-0.39, 0.29) is 11.8 Å². The van der Waals surface area contributed by atoms with Crippen LogP contribution in [0.15, 0.2) is 84.9 Å². The zero-order valence-electron chi connectivity index (χ0n) is 18.0. The molecule has 0 aromatic heterocycles. The lowest BCUT2D eigenvalue weighted by Gasteiger charge is -2.36. The van der Waals surface area contributed by atoms with Crippen LogP contribution in [-0.4, -0.2) is 29.8 Å². The molecule has 0 bridgehead atoms. The Kier molecular flexibility index (Phi) is 4.58. The lowest BCUT2D eigenvalue weighted by Crippen LogP contribution is -2.50. The summed E-state index contributed by atoms with van der Waals surface area (Å²) in [4.78, 5) is 43.9. The average Bonchev–Trinajstić information content (AvgIpc) is 3.33. The molecule has 0 unspecified atom stereocenters. The van der Waals surface area contributed by atoms with Gasteiger partial charge in [-0.1, -0.05) is 48.6 Å². The molecular weight excluding hydrogens is 433 g/mol. The standard InChI is InChI=1S/C27H20FN3O3/c28-17-11-13-19(14-12-17)30-26(33)22-21-15-10-16-6-4-5-9-20(16)31(21)24(23(22)27(30)34)25(32)29-18-7-2-1-3-8-18/h1-15,21-24H,(H,29,32)/t21-,22+,23-,24+/m1/s1. The molecule has 0 saturated carbocycles. The molecule has 0 aliphatic carbocycles. The van der Waals surface area contributed by atoms with Gasteiger partial charge in [0.2, 0.25) is 17.7 Å². The zero-order valence-corrected chi connectivity index (χ0v) is 18.0. The van der Waals surface area contributed by atoms with Gasteiger partial charge < -0.3 is 10.2 Å². The fourth-order valence-corrected chi connectivity index (χ4v) is 5.40. The van der Waals surface area contributed by atoms with Gasteiger partial charge in [-0.05, 0) is 48.0 Å². The SMILES string of the molecule is O=C(Nc1ccccc1)[C@@H]1[C@@H]2C(=O)N(c3ccc(F)cc3)C(=O)[C@H]2[C@H]2C=Cc3ccccc3N21. The molecule has 3 heterocycles. The van der Waals surface area contributed by atoms with Crippen molar-refractivity contribution >= 4 is 40.9 Å². The summed E-state index contributed by atoms with van der Waals surface area (Å²) in [6, 6.07) is 20.6. The van der Waals surface area contributed by atoms with Crippen LogP contribution in [0.5, 0.6) is 0 Å². The Balaban J connectivity index is 1.44. The summed E-state index contributed by atoms with van der Waals surface area (Å²) in [5, 5.41) is 2.92. The van der Waals surface area contributed by atoms with Crippen LogP contribution < -0.4 is 15.1 Å². The van der Waals surface area contributed by atoms with Crippen molar-refractivity contribution in [3.05, 3.63) is 96.3 Å². The van der Waals surface area contributed by atoms with Crippen LogP contribution in [0.1, 0.15) is 5.56 Å². The number of carbonyl (C=O) groups is 3. The van der Waals surface area contributed by atoms with Crippen molar-refractivity contribution in [2.45, 2.75) is 12.1 Å². The number of para-hydroxylation sites is 2. The maximum absolute atomic E-state index is 13.7. The van der Waals surface area contributed by atoms with Gasteiger partial charge in [-0.3, -0.25) is 14.4 Å². The predicted octanol–water partition coefficient (Wildman–Crippen LogP) is 3.85.